The van der Waals surface area contributed by atoms with Gasteiger partial charge < -0.3 is 9.47 Å². The Balaban J connectivity index is 1.31. The lowest BCUT2D eigenvalue weighted by atomic mass is 9.89. The van der Waals surface area contributed by atoms with Crippen molar-refractivity contribution in [2.45, 2.75) is 40.5 Å². The van der Waals surface area contributed by atoms with Gasteiger partial charge in [0, 0.05) is 46.4 Å². The summed E-state index contributed by atoms with van der Waals surface area (Å²) in [4.78, 5) is 4.75. The molecule has 3 heterocycles. The first-order valence-corrected chi connectivity index (χ1v) is 15.8. The van der Waals surface area contributed by atoms with E-state index >= 15 is 0 Å². The molecule has 0 fully saturated rings. The van der Waals surface area contributed by atoms with Gasteiger partial charge in [0.1, 0.15) is 23.1 Å². The average Bonchev–Trinajstić information content (AvgIpc) is 3.56. The second-order valence-corrected chi connectivity index (χ2v) is 12.3. The van der Waals surface area contributed by atoms with Gasteiger partial charge in [-0.3, -0.25) is 4.57 Å². The Bertz CT molecular complexity index is 2190. The maximum absolute atomic E-state index is 6.54. The molecule has 0 spiro atoms. The van der Waals surface area contributed by atoms with Crippen LogP contribution in [0.3, 0.4) is 0 Å². The quantitative estimate of drug-likeness (QED) is 0.173. The van der Waals surface area contributed by atoms with Crippen molar-refractivity contribution in [1.82, 2.24) is 19.3 Å². The second-order valence-electron chi connectivity index (χ2n) is 12.3. The van der Waals surface area contributed by atoms with Gasteiger partial charge in [0.2, 0.25) is 0 Å². The van der Waals surface area contributed by atoms with Crippen LogP contribution in [0.1, 0.15) is 43.6 Å². The smallest absolute Gasteiger partial charge is 0.141 e. The first-order chi connectivity index (χ1) is 22.3. The van der Waals surface area contributed by atoms with Gasteiger partial charge >= 0.3 is 0 Å². The zero-order valence-corrected chi connectivity index (χ0v) is 27.2. The first kappa shape index (κ1) is 29.4. The molecule has 7 aromatic rings. The minimum absolute atomic E-state index is 0.443. The molecule has 0 saturated carbocycles. The molecular formula is C40H38N4O2. The van der Waals surface area contributed by atoms with Crippen molar-refractivity contribution in [2.24, 2.45) is 5.92 Å². The number of hydrogen-bond donors (Lipinski definition) is 0. The van der Waals surface area contributed by atoms with Crippen molar-refractivity contribution in [3.05, 3.63) is 126 Å². The minimum Gasteiger partial charge on any atom is -0.497 e. The topological polar surface area (TPSA) is 54.1 Å². The summed E-state index contributed by atoms with van der Waals surface area (Å²) >= 11 is 0. The fraction of sp³-hybridized carbons (Fsp3) is 0.200. The third-order valence-corrected chi connectivity index (χ3v) is 9.12. The summed E-state index contributed by atoms with van der Waals surface area (Å²) in [7, 11) is 1.68. The summed E-state index contributed by atoms with van der Waals surface area (Å²) in [6, 6.07) is 35.4. The number of pyridine rings is 1. The third kappa shape index (κ3) is 5.20. The van der Waals surface area contributed by atoms with E-state index in [9.17, 15) is 0 Å². The number of methoxy groups -OCH3 is 1. The van der Waals surface area contributed by atoms with Crippen LogP contribution in [0.5, 0.6) is 17.2 Å². The third-order valence-electron chi connectivity index (χ3n) is 9.12. The lowest BCUT2D eigenvalue weighted by Crippen LogP contribution is -2.02. The lowest BCUT2D eigenvalue weighted by molar-refractivity contribution is 0.414. The highest BCUT2D eigenvalue weighted by molar-refractivity contribution is 6.09. The molecule has 0 aliphatic heterocycles. The summed E-state index contributed by atoms with van der Waals surface area (Å²) < 4.78 is 16.3. The Hall–Kier alpha value is -5.36. The van der Waals surface area contributed by atoms with Crippen LogP contribution in [0.2, 0.25) is 0 Å². The number of benzene rings is 4. The van der Waals surface area contributed by atoms with E-state index in [4.69, 9.17) is 19.6 Å². The highest BCUT2D eigenvalue weighted by Crippen LogP contribution is 2.38. The number of nitrogens with zero attached hydrogens (tertiary/aromatic N) is 4. The van der Waals surface area contributed by atoms with Crippen LogP contribution in [0.15, 0.2) is 109 Å². The molecule has 1 atom stereocenters. The molecule has 0 amide bonds. The molecule has 46 heavy (non-hydrogen) atoms. The SMILES string of the molecule is COc1ccnc(-n2c3ccc(C(C)C(C)C)cc3c3ccc(Oc4cccc(-n5nc(C)c(-c6ccccc6)c5C)c4)cc32)c1. The Labute approximate surface area is 269 Å². The summed E-state index contributed by atoms with van der Waals surface area (Å²) in [5, 5.41) is 7.24. The van der Waals surface area contributed by atoms with E-state index in [0.717, 1.165) is 67.7 Å². The standard InChI is InChI=1S/C40H38N4O2/c1-25(2)26(3)30-15-18-37-36(21-30)35-17-16-34(23-38(35)43(37)39-24-32(45-6)19-20-41-39)46-33-14-10-13-31(22-33)44-28(5)40(27(4)42-44)29-11-8-7-9-12-29/h7-26H,1-6H3. The summed E-state index contributed by atoms with van der Waals surface area (Å²) in [5.74, 6) is 4.02. The summed E-state index contributed by atoms with van der Waals surface area (Å²) in [6.45, 7) is 11.0. The van der Waals surface area contributed by atoms with Crippen molar-refractivity contribution in [3.63, 3.8) is 0 Å². The van der Waals surface area contributed by atoms with Crippen LogP contribution in [0.4, 0.5) is 0 Å². The van der Waals surface area contributed by atoms with Gasteiger partial charge in [0.15, 0.2) is 0 Å². The monoisotopic (exact) mass is 606 g/mol. The van der Waals surface area contributed by atoms with Gasteiger partial charge in [-0.1, -0.05) is 63.2 Å². The molecule has 4 aromatic carbocycles. The fourth-order valence-electron chi connectivity index (χ4n) is 6.38. The summed E-state index contributed by atoms with van der Waals surface area (Å²) in [6.07, 6.45) is 1.79. The number of aryl methyl sites for hydroxylation is 1. The lowest BCUT2D eigenvalue weighted by Gasteiger charge is -2.16. The van der Waals surface area contributed by atoms with E-state index in [0.29, 0.717) is 11.8 Å². The first-order valence-electron chi connectivity index (χ1n) is 15.8. The number of hydrogen-bond acceptors (Lipinski definition) is 4. The maximum atomic E-state index is 6.54. The molecule has 0 radical (unpaired) electrons. The van der Waals surface area contributed by atoms with Crippen LogP contribution in [-0.4, -0.2) is 26.4 Å². The van der Waals surface area contributed by atoms with E-state index in [1.165, 1.54) is 10.9 Å². The molecule has 0 aliphatic rings. The maximum Gasteiger partial charge on any atom is 0.141 e. The Morgan fingerprint density at radius 2 is 1.50 bits per heavy atom. The van der Waals surface area contributed by atoms with E-state index in [1.807, 2.05) is 47.1 Å². The van der Waals surface area contributed by atoms with Crippen LogP contribution >= 0.6 is 0 Å². The van der Waals surface area contributed by atoms with Crippen LogP contribution in [-0.2, 0) is 0 Å². The molecule has 6 nitrogen and oxygen atoms in total. The van der Waals surface area contributed by atoms with Gasteiger partial charge in [-0.15, -0.1) is 0 Å². The van der Waals surface area contributed by atoms with Gasteiger partial charge in [-0.2, -0.15) is 5.10 Å². The number of aromatic nitrogens is 4. The van der Waals surface area contributed by atoms with Gasteiger partial charge in [0.25, 0.3) is 0 Å². The normalized spacial score (nSPS) is 12.2. The summed E-state index contributed by atoms with van der Waals surface area (Å²) in [5.41, 5.74) is 8.78. The van der Waals surface area contributed by atoms with Crippen molar-refractivity contribution >= 4 is 21.8 Å². The second kappa shape index (κ2) is 11.9. The van der Waals surface area contributed by atoms with Gasteiger partial charge in [-0.25, -0.2) is 9.67 Å². The molecule has 0 saturated heterocycles. The molecule has 230 valence electrons. The molecule has 0 bridgehead atoms. The number of ether oxygens (including phenoxy) is 2. The molecule has 0 N–H and O–H groups in total. The van der Waals surface area contributed by atoms with Gasteiger partial charge in [-0.05, 0) is 79.3 Å². The average molecular weight is 607 g/mol. The molecule has 3 aromatic heterocycles. The Morgan fingerprint density at radius 1 is 0.696 bits per heavy atom. The largest absolute Gasteiger partial charge is 0.497 e. The highest BCUT2D eigenvalue weighted by Gasteiger charge is 2.19. The fourth-order valence-corrected chi connectivity index (χ4v) is 6.38. The highest BCUT2D eigenvalue weighted by atomic mass is 16.5. The molecular weight excluding hydrogens is 568 g/mol. The van der Waals surface area contributed by atoms with E-state index < -0.39 is 0 Å². The zero-order chi connectivity index (χ0) is 31.9. The van der Waals surface area contributed by atoms with E-state index in [-0.39, 0.29) is 0 Å². The Kier molecular flexibility index (Phi) is 7.57. The Morgan fingerprint density at radius 3 is 2.28 bits per heavy atom. The molecule has 1 unspecified atom stereocenters. The van der Waals surface area contributed by atoms with E-state index in [2.05, 4.69) is 99.8 Å². The molecule has 7 rings (SSSR count). The van der Waals surface area contributed by atoms with Crippen molar-refractivity contribution in [1.29, 1.82) is 0 Å². The molecule has 6 heteroatoms. The molecule has 0 aliphatic carbocycles. The van der Waals surface area contributed by atoms with Crippen molar-refractivity contribution < 1.29 is 9.47 Å². The van der Waals surface area contributed by atoms with Crippen molar-refractivity contribution in [3.8, 4) is 39.9 Å². The number of fused-ring (bicyclic) bond motifs is 3. The number of rotatable bonds is 8. The minimum atomic E-state index is 0.443. The zero-order valence-electron chi connectivity index (χ0n) is 27.2. The van der Waals surface area contributed by atoms with Crippen LogP contribution in [0.25, 0.3) is 44.4 Å². The predicted octanol–water partition coefficient (Wildman–Crippen LogP) is 10.2. The van der Waals surface area contributed by atoms with E-state index in [1.54, 1.807) is 13.3 Å². The van der Waals surface area contributed by atoms with Crippen LogP contribution in [0, 0.1) is 19.8 Å². The van der Waals surface area contributed by atoms with Crippen LogP contribution < -0.4 is 9.47 Å². The van der Waals surface area contributed by atoms with Crippen molar-refractivity contribution in [2.75, 3.05) is 7.11 Å². The van der Waals surface area contributed by atoms with Gasteiger partial charge in [0.05, 0.1) is 29.5 Å². The predicted molar refractivity (Wildman–Crippen MR) is 187 cm³/mol.